The van der Waals surface area contributed by atoms with E-state index in [2.05, 4.69) is 0 Å². The molecule has 2 aromatic rings. The summed E-state index contributed by atoms with van der Waals surface area (Å²) in [7, 11) is -4.49. The standard InChI is InChI=1S/C20H21NO8S2/c22-21(23)15-3-4-20(31(24,25)26)14(8-15)5-6-27-11-19-16-10-18-17(28-12-29-18)9-13(16)2-1-7-30-19/h3-4,8-10,19H,1-2,5-7,11-12H2,(H,24,25,26). The minimum Gasteiger partial charge on any atom is -0.454 e. The lowest BCUT2D eigenvalue weighted by Gasteiger charge is -2.18. The van der Waals surface area contributed by atoms with Gasteiger partial charge in [-0.25, -0.2) is 0 Å². The van der Waals surface area contributed by atoms with Gasteiger partial charge in [0.15, 0.2) is 11.5 Å². The zero-order valence-electron chi connectivity index (χ0n) is 16.5. The average Bonchev–Trinajstić information content (AvgIpc) is 3.09. The van der Waals surface area contributed by atoms with E-state index in [0.717, 1.165) is 53.9 Å². The van der Waals surface area contributed by atoms with Crippen molar-refractivity contribution in [3.8, 4) is 11.5 Å². The van der Waals surface area contributed by atoms with E-state index in [1.807, 2.05) is 12.1 Å². The first-order chi connectivity index (χ1) is 14.8. The minimum atomic E-state index is -4.49. The molecule has 1 atom stereocenters. The van der Waals surface area contributed by atoms with Crippen LogP contribution in [0.15, 0.2) is 35.2 Å². The van der Waals surface area contributed by atoms with Gasteiger partial charge >= 0.3 is 0 Å². The van der Waals surface area contributed by atoms with E-state index >= 15 is 0 Å². The summed E-state index contributed by atoms with van der Waals surface area (Å²) in [5, 5.41) is 11.1. The fraction of sp³-hybridized carbons (Fsp3) is 0.400. The second-order valence-corrected chi connectivity index (χ2v) is 9.92. The van der Waals surface area contributed by atoms with E-state index in [0.29, 0.717) is 6.61 Å². The van der Waals surface area contributed by atoms with Crippen LogP contribution in [-0.2, 0) is 27.7 Å². The Bertz CT molecular complexity index is 1100. The van der Waals surface area contributed by atoms with Crippen LogP contribution in [0.1, 0.15) is 28.4 Å². The largest absolute Gasteiger partial charge is 0.454 e. The molecule has 0 aromatic heterocycles. The highest BCUT2D eigenvalue weighted by Gasteiger charge is 2.25. The Labute approximate surface area is 183 Å². The van der Waals surface area contributed by atoms with Crippen LogP contribution in [0.2, 0.25) is 0 Å². The minimum absolute atomic E-state index is 0.0816. The number of aryl methyl sites for hydroxylation is 1. The maximum Gasteiger partial charge on any atom is 0.294 e. The predicted octanol–water partition coefficient (Wildman–Crippen LogP) is 3.55. The van der Waals surface area contributed by atoms with Crippen molar-refractivity contribution in [1.82, 2.24) is 0 Å². The topological polar surface area (TPSA) is 125 Å². The molecule has 0 fully saturated rings. The molecule has 2 aliphatic rings. The molecule has 4 rings (SSSR count). The number of thioether (sulfide) groups is 1. The Kier molecular flexibility index (Phi) is 6.37. The third-order valence-corrected chi connectivity index (χ3v) is 7.48. The van der Waals surface area contributed by atoms with E-state index in [9.17, 15) is 23.1 Å². The van der Waals surface area contributed by atoms with Crippen molar-refractivity contribution < 1.29 is 32.1 Å². The van der Waals surface area contributed by atoms with Crippen molar-refractivity contribution in [2.75, 3.05) is 25.8 Å². The van der Waals surface area contributed by atoms with Gasteiger partial charge in [0.05, 0.1) is 28.3 Å². The van der Waals surface area contributed by atoms with Crippen LogP contribution < -0.4 is 9.47 Å². The molecule has 9 nitrogen and oxygen atoms in total. The van der Waals surface area contributed by atoms with Crippen LogP contribution >= 0.6 is 11.8 Å². The normalized spacial score (nSPS) is 17.8. The van der Waals surface area contributed by atoms with Gasteiger partial charge in [0, 0.05) is 12.1 Å². The van der Waals surface area contributed by atoms with Crippen molar-refractivity contribution in [2.45, 2.75) is 29.4 Å². The number of rotatable bonds is 7. The number of ether oxygens (including phenoxy) is 3. The summed E-state index contributed by atoms with van der Waals surface area (Å²) in [6.45, 7) is 0.764. The average molecular weight is 468 g/mol. The molecule has 31 heavy (non-hydrogen) atoms. The summed E-state index contributed by atoms with van der Waals surface area (Å²) in [5.74, 6) is 2.46. The molecule has 2 aliphatic heterocycles. The Morgan fingerprint density at radius 2 is 2.00 bits per heavy atom. The number of nitro benzene ring substituents is 1. The van der Waals surface area contributed by atoms with Crippen molar-refractivity contribution in [3.63, 3.8) is 0 Å². The van der Waals surface area contributed by atoms with Crippen LogP contribution in [-0.4, -0.2) is 43.7 Å². The predicted molar refractivity (Wildman–Crippen MR) is 114 cm³/mol. The highest BCUT2D eigenvalue weighted by molar-refractivity contribution is 7.99. The molecule has 0 spiro atoms. The van der Waals surface area contributed by atoms with Gasteiger partial charge in [-0.15, -0.1) is 0 Å². The van der Waals surface area contributed by atoms with Crippen LogP contribution in [0.4, 0.5) is 5.69 Å². The lowest BCUT2D eigenvalue weighted by Crippen LogP contribution is -2.10. The summed E-state index contributed by atoms with van der Waals surface area (Å²) in [6, 6.07) is 7.28. The fourth-order valence-corrected chi connectivity index (χ4v) is 5.65. The number of non-ortho nitro benzene ring substituents is 1. The van der Waals surface area contributed by atoms with E-state index in [4.69, 9.17) is 14.2 Å². The summed E-state index contributed by atoms with van der Waals surface area (Å²) < 4.78 is 49.4. The lowest BCUT2D eigenvalue weighted by atomic mass is 10.00. The molecule has 0 bridgehead atoms. The number of benzene rings is 2. The molecule has 1 unspecified atom stereocenters. The monoisotopic (exact) mass is 467 g/mol. The molecule has 1 N–H and O–H groups in total. The molecule has 11 heteroatoms. The van der Waals surface area contributed by atoms with Crippen LogP contribution in [0.25, 0.3) is 0 Å². The van der Waals surface area contributed by atoms with Crippen LogP contribution in [0.3, 0.4) is 0 Å². The van der Waals surface area contributed by atoms with Gasteiger partial charge in [-0.3, -0.25) is 14.7 Å². The SMILES string of the molecule is O=[N+]([O-])c1ccc(S(=O)(=O)O)c(CCOCC2SCCCc3cc4c(cc32)OCO4)c1. The number of hydrogen-bond acceptors (Lipinski definition) is 8. The van der Waals surface area contributed by atoms with E-state index < -0.39 is 15.0 Å². The smallest absolute Gasteiger partial charge is 0.294 e. The van der Waals surface area contributed by atoms with E-state index in [1.54, 1.807) is 11.8 Å². The Morgan fingerprint density at radius 1 is 1.23 bits per heavy atom. The van der Waals surface area contributed by atoms with Crippen molar-refractivity contribution >= 4 is 27.6 Å². The van der Waals surface area contributed by atoms with Gasteiger partial charge in [0.2, 0.25) is 6.79 Å². The third-order valence-electron chi connectivity index (χ3n) is 5.21. The number of nitrogens with zero attached hydrogens (tertiary/aromatic N) is 1. The molecule has 0 radical (unpaired) electrons. The highest BCUT2D eigenvalue weighted by Crippen LogP contribution is 2.43. The Hall–Kier alpha value is -2.34. The molecule has 0 saturated carbocycles. The first kappa shape index (κ1) is 21.9. The molecule has 166 valence electrons. The molecule has 0 aliphatic carbocycles. The molecular formula is C20H21NO8S2. The number of fused-ring (bicyclic) bond motifs is 2. The van der Waals surface area contributed by atoms with Gasteiger partial charge in [-0.2, -0.15) is 20.2 Å². The van der Waals surface area contributed by atoms with Crippen LogP contribution in [0, 0.1) is 10.1 Å². The zero-order chi connectivity index (χ0) is 22.0. The summed E-state index contributed by atoms with van der Waals surface area (Å²) in [6.07, 6.45) is 2.10. The maximum atomic E-state index is 11.6. The summed E-state index contributed by atoms with van der Waals surface area (Å²) in [5.41, 5.74) is 2.25. The lowest BCUT2D eigenvalue weighted by molar-refractivity contribution is -0.385. The summed E-state index contributed by atoms with van der Waals surface area (Å²) in [4.78, 5) is 10.1. The number of nitro groups is 1. The molecular weight excluding hydrogens is 446 g/mol. The summed E-state index contributed by atoms with van der Waals surface area (Å²) >= 11 is 1.79. The van der Waals surface area contributed by atoms with Crippen molar-refractivity contribution in [3.05, 3.63) is 57.1 Å². The fourth-order valence-electron chi connectivity index (χ4n) is 3.73. The Morgan fingerprint density at radius 3 is 2.74 bits per heavy atom. The quantitative estimate of drug-likeness (QED) is 0.282. The van der Waals surface area contributed by atoms with Gasteiger partial charge in [-0.05, 0) is 59.9 Å². The van der Waals surface area contributed by atoms with Crippen molar-refractivity contribution in [2.24, 2.45) is 0 Å². The van der Waals surface area contributed by atoms with E-state index in [-0.39, 0.29) is 41.2 Å². The van der Waals surface area contributed by atoms with E-state index in [1.165, 1.54) is 5.56 Å². The molecule has 2 heterocycles. The van der Waals surface area contributed by atoms with Crippen molar-refractivity contribution in [1.29, 1.82) is 0 Å². The van der Waals surface area contributed by atoms with Gasteiger partial charge in [-0.1, -0.05) is 0 Å². The van der Waals surface area contributed by atoms with Gasteiger partial charge in [0.25, 0.3) is 15.8 Å². The molecule has 0 amide bonds. The zero-order valence-corrected chi connectivity index (χ0v) is 18.1. The second kappa shape index (κ2) is 9.03. The maximum absolute atomic E-state index is 11.6. The third kappa shape index (κ3) is 4.95. The van der Waals surface area contributed by atoms with Gasteiger partial charge in [0.1, 0.15) is 0 Å². The van der Waals surface area contributed by atoms with Gasteiger partial charge < -0.3 is 14.2 Å². The number of hydrogen-bond donors (Lipinski definition) is 1. The van der Waals surface area contributed by atoms with Crippen LogP contribution in [0.5, 0.6) is 11.5 Å². The Balaban J connectivity index is 1.45. The first-order valence-electron chi connectivity index (χ1n) is 9.69. The molecule has 0 saturated heterocycles. The second-order valence-electron chi connectivity index (χ2n) is 7.22. The molecule has 2 aromatic carbocycles. The highest BCUT2D eigenvalue weighted by atomic mass is 32.2. The first-order valence-corrected chi connectivity index (χ1v) is 12.2.